The van der Waals surface area contributed by atoms with Gasteiger partial charge < -0.3 is 15.4 Å². The standard InChI is InChI=1S/C18H18N2O4/c1-24-18(23)14-7-9-15(10-8-14)20-16(21)11-12-19-17(22)13-5-3-2-4-6-13/h2-10H,11-12H2,1H3,(H,19,22)(H,20,21). The molecule has 6 heteroatoms. The quantitative estimate of drug-likeness (QED) is 0.797. The van der Waals surface area contributed by atoms with E-state index in [9.17, 15) is 14.4 Å². The Labute approximate surface area is 139 Å². The van der Waals surface area contributed by atoms with Gasteiger partial charge in [0.15, 0.2) is 0 Å². The highest BCUT2D eigenvalue weighted by molar-refractivity contribution is 5.95. The van der Waals surface area contributed by atoms with Gasteiger partial charge in [-0.05, 0) is 36.4 Å². The molecule has 0 unspecified atom stereocenters. The Morgan fingerprint density at radius 1 is 0.917 bits per heavy atom. The van der Waals surface area contributed by atoms with Gasteiger partial charge in [-0.25, -0.2) is 4.79 Å². The summed E-state index contributed by atoms with van der Waals surface area (Å²) in [5.74, 6) is -0.878. The van der Waals surface area contributed by atoms with Gasteiger partial charge in [0.25, 0.3) is 5.91 Å². The van der Waals surface area contributed by atoms with Gasteiger partial charge in [0.2, 0.25) is 5.91 Å². The molecular weight excluding hydrogens is 308 g/mol. The lowest BCUT2D eigenvalue weighted by atomic mass is 10.2. The van der Waals surface area contributed by atoms with Gasteiger partial charge in [-0.1, -0.05) is 18.2 Å². The summed E-state index contributed by atoms with van der Waals surface area (Å²) in [7, 11) is 1.31. The number of ether oxygens (including phenoxy) is 1. The van der Waals surface area contributed by atoms with Crippen LogP contribution in [0.15, 0.2) is 54.6 Å². The van der Waals surface area contributed by atoms with Crippen LogP contribution < -0.4 is 10.6 Å². The number of rotatable bonds is 6. The van der Waals surface area contributed by atoms with E-state index in [1.54, 1.807) is 48.5 Å². The van der Waals surface area contributed by atoms with E-state index in [1.165, 1.54) is 7.11 Å². The van der Waals surface area contributed by atoms with Crippen molar-refractivity contribution in [3.63, 3.8) is 0 Å². The van der Waals surface area contributed by atoms with Crippen molar-refractivity contribution in [3.05, 3.63) is 65.7 Å². The van der Waals surface area contributed by atoms with Crippen molar-refractivity contribution in [2.75, 3.05) is 19.0 Å². The molecular formula is C18H18N2O4. The molecule has 0 saturated heterocycles. The number of hydrogen-bond acceptors (Lipinski definition) is 4. The number of anilines is 1. The average molecular weight is 326 g/mol. The van der Waals surface area contributed by atoms with Crippen LogP contribution in [0.25, 0.3) is 0 Å². The van der Waals surface area contributed by atoms with Gasteiger partial charge in [-0.3, -0.25) is 9.59 Å². The van der Waals surface area contributed by atoms with E-state index < -0.39 is 5.97 Å². The van der Waals surface area contributed by atoms with Gasteiger partial charge in [0, 0.05) is 24.2 Å². The zero-order chi connectivity index (χ0) is 17.4. The van der Waals surface area contributed by atoms with Crippen LogP contribution in [0, 0.1) is 0 Å². The molecule has 2 N–H and O–H groups in total. The summed E-state index contributed by atoms with van der Waals surface area (Å²) >= 11 is 0. The number of amides is 2. The fourth-order valence-corrected chi connectivity index (χ4v) is 2.01. The second-order valence-corrected chi connectivity index (χ2v) is 4.99. The second-order valence-electron chi connectivity index (χ2n) is 4.99. The number of carbonyl (C=O) groups is 3. The number of esters is 1. The number of nitrogens with one attached hydrogen (secondary N) is 2. The van der Waals surface area contributed by atoms with E-state index in [0.29, 0.717) is 16.8 Å². The summed E-state index contributed by atoms with van der Waals surface area (Å²) in [6.45, 7) is 0.236. The van der Waals surface area contributed by atoms with Crippen LogP contribution in [0.5, 0.6) is 0 Å². The lowest BCUT2D eigenvalue weighted by Crippen LogP contribution is -2.27. The molecule has 124 valence electrons. The first-order valence-electron chi connectivity index (χ1n) is 7.41. The van der Waals surface area contributed by atoms with Crippen LogP contribution >= 0.6 is 0 Å². The summed E-state index contributed by atoms with van der Waals surface area (Å²) < 4.78 is 4.60. The van der Waals surface area contributed by atoms with Crippen molar-refractivity contribution >= 4 is 23.5 Å². The first-order chi connectivity index (χ1) is 11.6. The monoisotopic (exact) mass is 326 g/mol. The summed E-state index contributed by atoms with van der Waals surface area (Å²) in [4.78, 5) is 35.0. The Kier molecular flexibility index (Phi) is 6.08. The smallest absolute Gasteiger partial charge is 0.337 e. The van der Waals surface area contributed by atoms with Gasteiger partial charge >= 0.3 is 5.97 Å². The first-order valence-corrected chi connectivity index (χ1v) is 7.41. The van der Waals surface area contributed by atoms with Crippen molar-refractivity contribution in [1.82, 2.24) is 5.32 Å². The maximum absolute atomic E-state index is 11.9. The van der Waals surface area contributed by atoms with E-state index >= 15 is 0 Å². The molecule has 0 bridgehead atoms. The Hall–Kier alpha value is -3.15. The minimum atomic E-state index is -0.434. The topological polar surface area (TPSA) is 84.5 Å². The summed E-state index contributed by atoms with van der Waals surface area (Å²) in [5, 5.41) is 5.38. The van der Waals surface area contributed by atoms with Crippen molar-refractivity contribution in [1.29, 1.82) is 0 Å². The van der Waals surface area contributed by atoms with E-state index in [2.05, 4.69) is 15.4 Å². The molecule has 6 nitrogen and oxygen atoms in total. The Morgan fingerprint density at radius 3 is 2.21 bits per heavy atom. The van der Waals surface area contributed by atoms with Gasteiger partial charge in [-0.2, -0.15) is 0 Å². The molecule has 0 heterocycles. The summed E-state index contributed by atoms with van der Waals surface area (Å²) in [6.07, 6.45) is 0.150. The Balaban J connectivity index is 1.77. The fourth-order valence-electron chi connectivity index (χ4n) is 2.01. The number of hydrogen-bond donors (Lipinski definition) is 2. The molecule has 0 aromatic heterocycles. The summed E-state index contributed by atoms with van der Waals surface area (Å²) in [5.41, 5.74) is 1.53. The normalized spacial score (nSPS) is 9.88. The van der Waals surface area contributed by atoms with Crippen LogP contribution in [0.3, 0.4) is 0 Å². The maximum Gasteiger partial charge on any atom is 0.337 e. The second kappa shape index (κ2) is 8.47. The fraction of sp³-hybridized carbons (Fsp3) is 0.167. The number of benzene rings is 2. The van der Waals surface area contributed by atoms with E-state index in [0.717, 1.165) is 0 Å². The molecule has 24 heavy (non-hydrogen) atoms. The zero-order valence-electron chi connectivity index (χ0n) is 13.2. The van der Waals surface area contributed by atoms with Crippen LogP contribution in [0.1, 0.15) is 27.1 Å². The van der Waals surface area contributed by atoms with Crippen molar-refractivity contribution in [2.45, 2.75) is 6.42 Å². The molecule has 0 aliphatic carbocycles. The predicted octanol–water partition coefficient (Wildman–Crippen LogP) is 2.23. The lowest BCUT2D eigenvalue weighted by molar-refractivity contribution is -0.116. The molecule has 2 amide bonds. The third-order valence-corrected chi connectivity index (χ3v) is 3.26. The van der Waals surface area contributed by atoms with E-state index in [1.807, 2.05) is 6.07 Å². The molecule has 0 aliphatic heterocycles. The van der Waals surface area contributed by atoms with Crippen molar-refractivity contribution in [3.8, 4) is 0 Å². The molecule has 0 aliphatic rings. The first kappa shape index (κ1) is 17.2. The maximum atomic E-state index is 11.9. The molecule has 0 fully saturated rings. The third kappa shape index (κ3) is 4.95. The highest BCUT2D eigenvalue weighted by Gasteiger charge is 2.08. The highest BCUT2D eigenvalue weighted by Crippen LogP contribution is 2.10. The van der Waals surface area contributed by atoms with Crippen molar-refractivity contribution < 1.29 is 19.1 Å². The molecule has 0 radical (unpaired) electrons. The summed E-state index contributed by atoms with van der Waals surface area (Å²) in [6, 6.07) is 15.2. The van der Waals surface area contributed by atoms with Crippen LogP contribution in [-0.2, 0) is 9.53 Å². The van der Waals surface area contributed by atoms with Crippen LogP contribution in [0.2, 0.25) is 0 Å². The highest BCUT2D eigenvalue weighted by atomic mass is 16.5. The average Bonchev–Trinajstić information content (AvgIpc) is 2.62. The molecule has 2 aromatic carbocycles. The minimum absolute atomic E-state index is 0.150. The van der Waals surface area contributed by atoms with Gasteiger partial charge in [0.1, 0.15) is 0 Å². The van der Waals surface area contributed by atoms with Crippen LogP contribution in [-0.4, -0.2) is 31.4 Å². The molecule has 2 rings (SSSR count). The largest absolute Gasteiger partial charge is 0.465 e. The van der Waals surface area contributed by atoms with Gasteiger partial charge in [-0.15, -0.1) is 0 Å². The Bertz CT molecular complexity index is 712. The van der Waals surface area contributed by atoms with Crippen molar-refractivity contribution in [2.24, 2.45) is 0 Å². The van der Waals surface area contributed by atoms with Crippen LogP contribution in [0.4, 0.5) is 5.69 Å². The Morgan fingerprint density at radius 2 is 1.58 bits per heavy atom. The van der Waals surface area contributed by atoms with Gasteiger partial charge in [0.05, 0.1) is 12.7 Å². The number of methoxy groups -OCH3 is 1. The van der Waals surface area contributed by atoms with E-state index in [-0.39, 0.29) is 24.8 Å². The lowest BCUT2D eigenvalue weighted by Gasteiger charge is -2.07. The minimum Gasteiger partial charge on any atom is -0.465 e. The molecule has 2 aromatic rings. The molecule has 0 atom stereocenters. The molecule has 0 saturated carbocycles. The predicted molar refractivity (Wildman–Crippen MR) is 89.8 cm³/mol. The SMILES string of the molecule is COC(=O)c1ccc(NC(=O)CCNC(=O)c2ccccc2)cc1. The molecule has 0 spiro atoms. The third-order valence-electron chi connectivity index (χ3n) is 3.26. The number of carbonyl (C=O) groups excluding carboxylic acids is 3. The van der Waals surface area contributed by atoms with E-state index in [4.69, 9.17) is 0 Å². The zero-order valence-corrected chi connectivity index (χ0v) is 13.2.